The van der Waals surface area contributed by atoms with Crippen molar-refractivity contribution in [2.24, 2.45) is 0 Å². The first-order chi connectivity index (χ1) is 7.79. The Bertz CT molecular complexity index is 730. The smallest absolute Gasteiger partial charge is 0.269 e. The van der Waals surface area contributed by atoms with Crippen molar-refractivity contribution in [1.29, 1.82) is 0 Å². The number of nitrogens with zero attached hydrogens (tertiary/aromatic N) is 1. The van der Waals surface area contributed by atoms with Crippen molar-refractivity contribution in [2.45, 2.75) is 5.16 Å². The van der Waals surface area contributed by atoms with Gasteiger partial charge in [0.15, 0.2) is 5.16 Å². The number of thiophene rings is 1. The normalized spacial score (nSPS) is 11.3. The Labute approximate surface area is 99.5 Å². The molecule has 0 aliphatic heterocycles. The lowest BCUT2D eigenvalue weighted by molar-refractivity contribution is 0.983. The summed E-state index contributed by atoms with van der Waals surface area (Å²) >= 11 is 2.94. The monoisotopic (exact) mass is 248 g/mol. The molecule has 0 saturated carbocycles. The van der Waals surface area contributed by atoms with E-state index in [0.29, 0.717) is 9.86 Å². The van der Waals surface area contributed by atoms with Crippen LogP contribution in [-0.2, 0) is 0 Å². The number of nitrogens with one attached hydrogen (secondary N) is 1. The molecule has 3 aromatic rings. The summed E-state index contributed by atoms with van der Waals surface area (Å²) in [4.78, 5) is 19.1. The Morgan fingerprint density at radius 1 is 1.38 bits per heavy atom. The number of thioether (sulfide) groups is 1. The first-order valence-electron chi connectivity index (χ1n) is 4.75. The number of aromatic amines is 1. The summed E-state index contributed by atoms with van der Waals surface area (Å²) in [6, 6.07) is 7.96. The number of rotatable bonds is 1. The average Bonchev–Trinajstić information content (AvgIpc) is 2.68. The molecule has 1 N–H and O–H groups in total. The predicted molar refractivity (Wildman–Crippen MR) is 69.5 cm³/mol. The number of hydrogen-bond donors (Lipinski definition) is 1. The van der Waals surface area contributed by atoms with E-state index in [1.807, 2.05) is 30.5 Å². The summed E-state index contributed by atoms with van der Waals surface area (Å²) in [6.45, 7) is 0. The zero-order valence-electron chi connectivity index (χ0n) is 8.48. The molecule has 0 saturated heterocycles. The molecule has 80 valence electrons. The van der Waals surface area contributed by atoms with Crippen LogP contribution >= 0.6 is 23.1 Å². The standard InChI is InChI=1S/C11H8N2OS2/c1-15-11-12-8-6-4-2-3-5-7(6)16-9(8)10(14)13-11/h2-5H,1H3,(H,12,13,14). The van der Waals surface area contributed by atoms with Crippen LogP contribution in [0.5, 0.6) is 0 Å². The molecule has 1 aromatic carbocycles. The van der Waals surface area contributed by atoms with Crippen molar-refractivity contribution in [3.8, 4) is 0 Å². The molecule has 0 bridgehead atoms. The van der Waals surface area contributed by atoms with Crippen LogP contribution in [0.2, 0.25) is 0 Å². The summed E-state index contributed by atoms with van der Waals surface area (Å²) < 4.78 is 1.81. The molecule has 3 rings (SSSR count). The first-order valence-corrected chi connectivity index (χ1v) is 6.79. The molecule has 0 spiro atoms. The second-order valence-electron chi connectivity index (χ2n) is 3.35. The van der Waals surface area contributed by atoms with E-state index in [1.54, 1.807) is 0 Å². The maximum Gasteiger partial charge on any atom is 0.269 e. The van der Waals surface area contributed by atoms with Crippen LogP contribution in [0.3, 0.4) is 0 Å². The fraction of sp³-hybridized carbons (Fsp3) is 0.0909. The molecule has 0 amide bonds. The third-order valence-corrected chi connectivity index (χ3v) is 4.14. The third kappa shape index (κ3) is 1.36. The number of aromatic nitrogens is 2. The highest BCUT2D eigenvalue weighted by Gasteiger charge is 2.10. The average molecular weight is 248 g/mol. The number of benzene rings is 1. The SMILES string of the molecule is CSc1nc2c(sc3ccccc32)c(=O)[nH]1. The fourth-order valence-electron chi connectivity index (χ4n) is 1.68. The van der Waals surface area contributed by atoms with Gasteiger partial charge in [-0.1, -0.05) is 30.0 Å². The van der Waals surface area contributed by atoms with Gasteiger partial charge in [0.2, 0.25) is 0 Å². The molecule has 0 fully saturated rings. The van der Waals surface area contributed by atoms with Crippen molar-refractivity contribution in [3.63, 3.8) is 0 Å². The maximum absolute atomic E-state index is 11.8. The van der Waals surface area contributed by atoms with Gasteiger partial charge in [0.25, 0.3) is 5.56 Å². The highest BCUT2D eigenvalue weighted by molar-refractivity contribution is 7.98. The molecular weight excluding hydrogens is 240 g/mol. The molecule has 5 heteroatoms. The van der Waals surface area contributed by atoms with Gasteiger partial charge < -0.3 is 4.98 Å². The lowest BCUT2D eigenvalue weighted by atomic mass is 10.2. The van der Waals surface area contributed by atoms with Crippen LogP contribution < -0.4 is 5.56 Å². The van der Waals surface area contributed by atoms with Gasteiger partial charge in [-0.3, -0.25) is 4.79 Å². The Morgan fingerprint density at radius 3 is 3.00 bits per heavy atom. The Balaban J connectivity index is 2.56. The molecule has 2 aromatic heterocycles. The Kier molecular flexibility index (Phi) is 2.22. The molecule has 0 atom stereocenters. The van der Waals surface area contributed by atoms with Crippen molar-refractivity contribution < 1.29 is 0 Å². The van der Waals surface area contributed by atoms with E-state index in [1.165, 1.54) is 23.1 Å². The lowest BCUT2D eigenvalue weighted by Crippen LogP contribution is -2.06. The van der Waals surface area contributed by atoms with Crippen LogP contribution in [0, 0.1) is 0 Å². The van der Waals surface area contributed by atoms with Crippen molar-refractivity contribution >= 4 is 43.4 Å². The van der Waals surface area contributed by atoms with E-state index in [4.69, 9.17) is 0 Å². The van der Waals surface area contributed by atoms with E-state index in [9.17, 15) is 4.79 Å². The van der Waals surface area contributed by atoms with Gasteiger partial charge in [-0.15, -0.1) is 11.3 Å². The second-order valence-corrected chi connectivity index (χ2v) is 5.20. The van der Waals surface area contributed by atoms with Gasteiger partial charge >= 0.3 is 0 Å². The van der Waals surface area contributed by atoms with Gasteiger partial charge in [-0.05, 0) is 12.3 Å². The van der Waals surface area contributed by atoms with Gasteiger partial charge in [0, 0.05) is 10.1 Å². The highest BCUT2D eigenvalue weighted by atomic mass is 32.2. The summed E-state index contributed by atoms with van der Waals surface area (Å²) in [6.07, 6.45) is 1.90. The zero-order valence-corrected chi connectivity index (χ0v) is 10.1. The van der Waals surface area contributed by atoms with Crippen LogP contribution in [0.25, 0.3) is 20.3 Å². The lowest BCUT2D eigenvalue weighted by Gasteiger charge is -1.95. The molecule has 3 nitrogen and oxygen atoms in total. The minimum Gasteiger partial charge on any atom is -0.300 e. The minimum absolute atomic E-state index is 0.0458. The van der Waals surface area contributed by atoms with E-state index in [0.717, 1.165) is 15.6 Å². The summed E-state index contributed by atoms with van der Waals surface area (Å²) in [5, 5.41) is 1.73. The maximum atomic E-state index is 11.8. The summed E-state index contributed by atoms with van der Waals surface area (Å²) in [5.41, 5.74) is 0.768. The highest BCUT2D eigenvalue weighted by Crippen LogP contribution is 2.30. The van der Waals surface area contributed by atoms with Crippen LogP contribution in [0.15, 0.2) is 34.2 Å². The van der Waals surface area contributed by atoms with E-state index < -0.39 is 0 Å². The molecule has 0 unspecified atom stereocenters. The Hall–Kier alpha value is -1.33. The molecule has 0 aliphatic rings. The van der Waals surface area contributed by atoms with Gasteiger partial charge in [0.1, 0.15) is 4.70 Å². The van der Waals surface area contributed by atoms with Crippen LogP contribution in [-0.4, -0.2) is 16.2 Å². The van der Waals surface area contributed by atoms with Crippen molar-refractivity contribution in [1.82, 2.24) is 9.97 Å². The van der Waals surface area contributed by atoms with Gasteiger partial charge in [-0.2, -0.15) is 0 Å². The molecule has 16 heavy (non-hydrogen) atoms. The van der Waals surface area contributed by atoms with Crippen LogP contribution in [0.1, 0.15) is 0 Å². The van der Waals surface area contributed by atoms with Crippen molar-refractivity contribution in [2.75, 3.05) is 6.26 Å². The quantitative estimate of drug-likeness (QED) is 0.532. The Morgan fingerprint density at radius 2 is 2.19 bits per heavy atom. The number of H-pyrrole nitrogens is 1. The van der Waals surface area contributed by atoms with Crippen LogP contribution in [0.4, 0.5) is 0 Å². The molecule has 0 aliphatic carbocycles. The van der Waals surface area contributed by atoms with E-state index in [2.05, 4.69) is 9.97 Å². The minimum atomic E-state index is -0.0458. The van der Waals surface area contributed by atoms with E-state index in [-0.39, 0.29) is 5.56 Å². The molecule has 2 heterocycles. The fourth-order valence-corrected chi connectivity index (χ4v) is 3.09. The topological polar surface area (TPSA) is 45.8 Å². The molecular formula is C11H8N2OS2. The number of fused-ring (bicyclic) bond motifs is 3. The number of hydrogen-bond acceptors (Lipinski definition) is 4. The summed E-state index contributed by atoms with van der Waals surface area (Å²) in [5.74, 6) is 0. The second kappa shape index (κ2) is 3.61. The zero-order chi connectivity index (χ0) is 11.1. The van der Waals surface area contributed by atoms with E-state index >= 15 is 0 Å². The van der Waals surface area contributed by atoms with Gasteiger partial charge in [-0.25, -0.2) is 4.98 Å². The van der Waals surface area contributed by atoms with Gasteiger partial charge in [0.05, 0.1) is 5.52 Å². The predicted octanol–water partition coefficient (Wildman–Crippen LogP) is 2.86. The third-order valence-electron chi connectivity index (χ3n) is 2.40. The van der Waals surface area contributed by atoms with Crippen molar-refractivity contribution in [3.05, 3.63) is 34.6 Å². The largest absolute Gasteiger partial charge is 0.300 e. The molecule has 0 radical (unpaired) electrons. The first kappa shape index (κ1) is 9.86. The summed E-state index contributed by atoms with van der Waals surface area (Å²) in [7, 11) is 0.